The van der Waals surface area contributed by atoms with Gasteiger partial charge in [0, 0.05) is 41.3 Å². The van der Waals surface area contributed by atoms with Crippen LogP contribution in [-0.2, 0) is 0 Å². The summed E-state index contributed by atoms with van der Waals surface area (Å²) in [6.45, 7) is 5.99. The van der Waals surface area contributed by atoms with E-state index in [1.807, 2.05) is 32.9 Å². The Balaban J connectivity index is 2.00. The molecule has 0 atom stereocenters. The zero-order valence-electron chi connectivity index (χ0n) is 14.7. The molecule has 0 unspecified atom stereocenters. The summed E-state index contributed by atoms with van der Waals surface area (Å²) in [6.07, 6.45) is 3.38. The molecule has 0 radical (unpaired) electrons. The van der Waals surface area contributed by atoms with Crippen molar-refractivity contribution in [3.05, 3.63) is 60.4 Å². The third kappa shape index (κ3) is 4.50. The molecule has 0 aliphatic carbocycles. The molecule has 0 saturated heterocycles. The standard InChI is InChI=1S/C19H19F2N5/c1-19(2,3)26-18-24-16(12-5-4-8-22-11-12)10-17(25-18)23-13-6-7-14(20)15(21)9-13/h4-11H,1-3H3,(H2,23,24,25,26). The van der Waals surface area contributed by atoms with Gasteiger partial charge in [-0.1, -0.05) is 0 Å². The second-order valence-electron chi connectivity index (χ2n) is 6.83. The van der Waals surface area contributed by atoms with E-state index < -0.39 is 11.6 Å². The van der Waals surface area contributed by atoms with Crippen molar-refractivity contribution < 1.29 is 8.78 Å². The molecule has 2 heterocycles. The first-order chi connectivity index (χ1) is 12.3. The number of halogens is 2. The van der Waals surface area contributed by atoms with Crippen LogP contribution in [0.2, 0.25) is 0 Å². The summed E-state index contributed by atoms with van der Waals surface area (Å²) in [4.78, 5) is 13.1. The van der Waals surface area contributed by atoms with Crippen molar-refractivity contribution in [1.82, 2.24) is 15.0 Å². The minimum atomic E-state index is -0.926. The Morgan fingerprint density at radius 1 is 0.962 bits per heavy atom. The number of aromatic nitrogens is 3. The van der Waals surface area contributed by atoms with Gasteiger partial charge in [-0.25, -0.2) is 13.8 Å². The number of nitrogens with one attached hydrogen (secondary N) is 2. The van der Waals surface area contributed by atoms with E-state index in [-0.39, 0.29) is 5.54 Å². The summed E-state index contributed by atoms with van der Waals surface area (Å²) < 4.78 is 26.6. The molecule has 5 nitrogen and oxygen atoms in total. The summed E-state index contributed by atoms with van der Waals surface area (Å²) in [7, 11) is 0. The summed E-state index contributed by atoms with van der Waals surface area (Å²) in [5, 5.41) is 6.21. The number of hydrogen-bond acceptors (Lipinski definition) is 5. The smallest absolute Gasteiger partial charge is 0.225 e. The Labute approximate surface area is 150 Å². The van der Waals surface area contributed by atoms with Gasteiger partial charge < -0.3 is 10.6 Å². The van der Waals surface area contributed by atoms with E-state index in [1.165, 1.54) is 6.07 Å². The number of hydrogen-bond donors (Lipinski definition) is 2. The average Bonchev–Trinajstić information content (AvgIpc) is 2.57. The molecular weight excluding hydrogens is 336 g/mol. The van der Waals surface area contributed by atoms with Gasteiger partial charge in [0.1, 0.15) is 5.82 Å². The van der Waals surface area contributed by atoms with Gasteiger partial charge in [-0.3, -0.25) is 4.98 Å². The van der Waals surface area contributed by atoms with Gasteiger partial charge in [0.05, 0.1) is 5.69 Å². The highest BCUT2D eigenvalue weighted by atomic mass is 19.2. The Kier molecular flexibility index (Phi) is 4.79. The molecule has 0 amide bonds. The molecule has 3 rings (SSSR count). The van der Waals surface area contributed by atoms with E-state index in [0.717, 1.165) is 17.7 Å². The van der Waals surface area contributed by atoms with Crippen LogP contribution in [0.25, 0.3) is 11.3 Å². The van der Waals surface area contributed by atoms with Crippen LogP contribution in [0.15, 0.2) is 48.8 Å². The van der Waals surface area contributed by atoms with Gasteiger partial charge in [-0.15, -0.1) is 0 Å². The normalized spacial score (nSPS) is 11.3. The molecule has 0 fully saturated rings. The van der Waals surface area contributed by atoms with Gasteiger partial charge in [0.15, 0.2) is 11.6 Å². The van der Waals surface area contributed by atoms with Crippen molar-refractivity contribution in [1.29, 1.82) is 0 Å². The summed E-state index contributed by atoms with van der Waals surface area (Å²) >= 11 is 0. The molecule has 134 valence electrons. The summed E-state index contributed by atoms with van der Waals surface area (Å²) in [5.41, 5.74) is 1.62. The number of pyridine rings is 1. The number of rotatable bonds is 4. The second kappa shape index (κ2) is 7.03. The maximum absolute atomic E-state index is 13.5. The molecule has 0 spiro atoms. The SMILES string of the molecule is CC(C)(C)Nc1nc(Nc2ccc(F)c(F)c2)cc(-c2cccnc2)n1. The van der Waals surface area contributed by atoms with Gasteiger partial charge in [0.2, 0.25) is 5.95 Å². The third-order valence-corrected chi connectivity index (χ3v) is 3.36. The zero-order valence-corrected chi connectivity index (χ0v) is 14.7. The molecule has 3 aromatic rings. The van der Waals surface area contributed by atoms with Crippen LogP contribution in [0.3, 0.4) is 0 Å². The van der Waals surface area contributed by atoms with E-state index in [0.29, 0.717) is 23.1 Å². The van der Waals surface area contributed by atoms with E-state index in [1.54, 1.807) is 18.5 Å². The monoisotopic (exact) mass is 355 g/mol. The van der Waals surface area contributed by atoms with Crippen molar-refractivity contribution in [2.24, 2.45) is 0 Å². The molecule has 2 aromatic heterocycles. The van der Waals surface area contributed by atoms with Crippen LogP contribution < -0.4 is 10.6 Å². The fourth-order valence-corrected chi connectivity index (χ4v) is 2.29. The Bertz CT molecular complexity index is 908. The summed E-state index contributed by atoms with van der Waals surface area (Å²) in [6, 6.07) is 9.02. The molecule has 0 bridgehead atoms. The lowest BCUT2D eigenvalue weighted by molar-refractivity contribution is 0.509. The van der Waals surface area contributed by atoms with E-state index in [2.05, 4.69) is 25.6 Å². The first-order valence-electron chi connectivity index (χ1n) is 8.10. The zero-order chi connectivity index (χ0) is 18.7. The molecular formula is C19H19F2N5. The molecule has 26 heavy (non-hydrogen) atoms. The van der Waals surface area contributed by atoms with Crippen LogP contribution in [0.5, 0.6) is 0 Å². The van der Waals surface area contributed by atoms with E-state index in [4.69, 9.17) is 0 Å². The molecule has 0 aliphatic heterocycles. The van der Waals surface area contributed by atoms with E-state index in [9.17, 15) is 8.78 Å². The van der Waals surface area contributed by atoms with Gasteiger partial charge in [-0.05, 0) is 45.0 Å². The van der Waals surface area contributed by atoms with Crippen molar-refractivity contribution in [2.45, 2.75) is 26.3 Å². The first-order valence-corrected chi connectivity index (χ1v) is 8.10. The lowest BCUT2D eigenvalue weighted by Crippen LogP contribution is -2.27. The van der Waals surface area contributed by atoms with Crippen LogP contribution in [0.1, 0.15) is 20.8 Å². The highest BCUT2D eigenvalue weighted by molar-refractivity contribution is 5.67. The van der Waals surface area contributed by atoms with Crippen LogP contribution in [0.4, 0.5) is 26.2 Å². The van der Waals surface area contributed by atoms with Crippen molar-refractivity contribution in [3.63, 3.8) is 0 Å². The minimum absolute atomic E-state index is 0.243. The number of anilines is 3. The predicted octanol–water partition coefficient (Wildman–Crippen LogP) is 4.77. The van der Waals surface area contributed by atoms with Gasteiger partial charge in [0.25, 0.3) is 0 Å². The molecule has 0 saturated carbocycles. The Morgan fingerprint density at radius 3 is 2.42 bits per heavy atom. The maximum atomic E-state index is 13.5. The quantitative estimate of drug-likeness (QED) is 0.706. The number of nitrogens with zero attached hydrogens (tertiary/aromatic N) is 3. The lowest BCUT2D eigenvalue weighted by atomic mass is 10.1. The number of benzene rings is 1. The first kappa shape index (κ1) is 17.7. The average molecular weight is 355 g/mol. The largest absolute Gasteiger partial charge is 0.350 e. The lowest BCUT2D eigenvalue weighted by Gasteiger charge is -2.21. The van der Waals surface area contributed by atoms with Crippen LogP contribution >= 0.6 is 0 Å². The van der Waals surface area contributed by atoms with Crippen molar-refractivity contribution >= 4 is 17.5 Å². The van der Waals surface area contributed by atoms with Gasteiger partial charge in [-0.2, -0.15) is 4.98 Å². The topological polar surface area (TPSA) is 62.7 Å². The second-order valence-corrected chi connectivity index (χ2v) is 6.83. The molecule has 1 aromatic carbocycles. The maximum Gasteiger partial charge on any atom is 0.225 e. The predicted molar refractivity (Wildman–Crippen MR) is 98.3 cm³/mol. The Hall–Kier alpha value is -3.09. The van der Waals surface area contributed by atoms with Crippen molar-refractivity contribution in [2.75, 3.05) is 10.6 Å². The molecule has 0 aliphatic rings. The van der Waals surface area contributed by atoms with Crippen LogP contribution in [0, 0.1) is 11.6 Å². The fourth-order valence-electron chi connectivity index (χ4n) is 2.29. The Morgan fingerprint density at radius 2 is 1.77 bits per heavy atom. The van der Waals surface area contributed by atoms with Gasteiger partial charge >= 0.3 is 0 Å². The highest BCUT2D eigenvalue weighted by Crippen LogP contribution is 2.25. The minimum Gasteiger partial charge on any atom is -0.350 e. The van der Waals surface area contributed by atoms with Crippen molar-refractivity contribution in [3.8, 4) is 11.3 Å². The van der Waals surface area contributed by atoms with Crippen LogP contribution in [-0.4, -0.2) is 20.5 Å². The molecule has 7 heteroatoms. The summed E-state index contributed by atoms with van der Waals surface area (Å²) in [5.74, 6) is -0.950. The third-order valence-electron chi connectivity index (χ3n) is 3.36. The fraction of sp³-hybridized carbons (Fsp3) is 0.211. The highest BCUT2D eigenvalue weighted by Gasteiger charge is 2.14. The van der Waals surface area contributed by atoms with E-state index >= 15 is 0 Å². The molecule has 2 N–H and O–H groups in total.